The van der Waals surface area contributed by atoms with Gasteiger partial charge in [0, 0.05) is 47.1 Å². The van der Waals surface area contributed by atoms with Crippen LogP contribution in [0.5, 0.6) is 11.5 Å². The number of aliphatic hydroxyl groups is 2. The lowest BCUT2D eigenvalue weighted by atomic mass is 9.47. The highest BCUT2D eigenvalue weighted by Crippen LogP contribution is 2.62. The number of rotatable bonds is 6. The van der Waals surface area contributed by atoms with E-state index < -0.39 is 11.5 Å². The monoisotopic (exact) mass is 535 g/mol. The van der Waals surface area contributed by atoms with Gasteiger partial charge in [0.05, 0.1) is 18.4 Å². The number of amides is 1. The number of nitrogens with one attached hydrogen (secondary N) is 1. The maximum atomic E-state index is 13.4. The fraction of sp³-hybridized carbons (Fsp3) is 0.483. The van der Waals surface area contributed by atoms with E-state index in [9.17, 15) is 15.0 Å². The zero-order valence-corrected chi connectivity index (χ0v) is 22.5. The van der Waals surface area contributed by atoms with Crippen molar-refractivity contribution in [2.24, 2.45) is 16.7 Å². The Bertz CT molecular complexity index is 1350. The summed E-state index contributed by atoms with van der Waals surface area (Å²) in [5, 5.41) is 25.4. The van der Waals surface area contributed by atoms with Crippen LogP contribution in [0.25, 0.3) is 10.6 Å². The molecule has 1 fully saturated rings. The highest BCUT2D eigenvalue weighted by molar-refractivity contribution is 7.15. The Balaban J connectivity index is 1.30. The van der Waals surface area contributed by atoms with Crippen molar-refractivity contribution in [1.29, 1.82) is 0 Å². The van der Waals surface area contributed by atoms with E-state index in [0.717, 1.165) is 39.5 Å². The maximum Gasteiger partial charge on any atom is 0.231 e. The first kappa shape index (κ1) is 25.3. The largest absolute Gasteiger partial charge is 0.454 e. The normalized spacial score (nSPS) is 29.4. The van der Waals surface area contributed by atoms with Gasteiger partial charge in [-0.25, -0.2) is 4.98 Å². The van der Waals surface area contributed by atoms with Crippen molar-refractivity contribution in [2.45, 2.75) is 58.1 Å². The molecule has 0 bridgehead atoms. The topological polar surface area (TPSA) is 114 Å². The summed E-state index contributed by atoms with van der Waals surface area (Å²) in [6, 6.07) is 9.59. The smallest absolute Gasteiger partial charge is 0.231 e. The molecule has 1 aromatic carbocycles. The summed E-state index contributed by atoms with van der Waals surface area (Å²) in [5.41, 5.74) is 1.93. The Kier molecular flexibility index (Phi) is 6.40. The number of ether oxygens (including phenoxy) is 2. The van der Waals surface area contributed by atoms with E-state index in [1.54, 1.807) is 17.5 Å². The summed E-state index contributed by atoms with van der Waals surface area (Å²) < 4.78 is 10.9. The number of thiazole rings is 1. The number of fused-ring (bicyclic) bond motifs is 3. The van der Waals surface area contributed by atoms with Gasteiger partial charge in [-0.15, -0.1) is 11.3 Å². The number of hydrogen-bond donors (Lipinski definition) is 3. The van der Waals surface area contributed by atoms with Crippen LogP contribution in [0.2, 0.25) is 0 Å². The van der Waals surface area contributed by atoms with Crippen LogP contribution in [0.4, 0.5) is 0 Å². The van der Waals surface area contributed by atoms with Crippen LogP contribution in [-0.4, -0.2) is 45.6 Å². The predicted octanol–water partition coefficient (Wildman–Crippen LogP) is 4.06. The minimum atomic E-state index is -0.648. The van der Waals surface area contributed by atoms with Crippen molar-refractivity contribution in [3.05, 3.63) is 58.9 Å². The minimum Gasteiger partial charge on any atom is -0.454 e. The number of hydrogen-bond acceptors (Lipinski definition) is 8. The second-order valence-electron chi connectivity index (χ2n) is 11.3. The van der Waals surface area contributed by atoms with E-state index in [1.165, 1.54) is 0 Å². The molecule has 0 unspecified atom stereocenters. The minimum absolute atomic E-state index is 0.0186. The van der Waals surface area contributed by atoms with Crippen molar-refractivity contribution in [1.82, 2.24) is 15.3 Å². The molecule has 5 atom stereocenters. The molecule has 1 saturated carbocycles. The van der Waals surface area contributed by atoms with Crippen molar-refractivity contribution in [3.8, 4) is 22.1 Å². The molecule has 38 heavy (non-hydrogen) atoms. The third kappa shape index (κ3) is 4.17. The second kappa shape index (κ2) is 9.63. The third-order valence-corrected chi connectivity index (χ3v) is 10.3. The van der Waals surface area contributed by atoms with E-state index in [0.29, 0.717) is 30.9 Å². The molecule has 2 aromatic heterocycles. The van der Waals surface area contributed by atoms with Gasteiger partial charge in [0.1, 0.15) is 5.01 Å². The van der Waals surface area contributed by atoms with Crippen LogP contribution in [0.15, 0.2) is 42.7 Å². The third-order valence-electron chi connectivity index (χ3n) is 9.12. The molecular weight excluding hydrogens is 502 g/mol. The first-order valence-electron chi connectivity index (χ1n) is 13.2. The molecule has 1 amide bonds. The van der Waals surface area contributed by atoms with Crippen molar-refractivity contribution in [3.63, 3.8) is 0 Å². The summed E-state index contributed by atoms with van der Waals surface area (Å²) in [5.74, 6) is 1.25. The Hall–Kier alpha value is -3.01. The van der Waals surface area contributed by atoms with E-state index in [2.05, 4.69) is 17.2 Å². The number of benzene rings is 1. The quantitative estimate of drug-likeness (QED) is 0.436. The molecule has 8 nitrogen and oxygen atoms in total. The number of aromatic nitrogens is 2. The van der Waals surface area contributed by atoms with Gasteiger partial charge in [-0.1, -0.05) is 19.9 Å². The highest BCUT2D eigenvalue weighted by Gasteiger charge is 2.59. The molecule has 3 aliphatic rings. The molecule has 1 aliphatic heterocycles. The zero-order valence-electron chi connectivity index (χ0n) is 21.6. The molecule has 3 N–H and O–H groups in total. The zero-order chi connectivity index (χ0) is 26.5. The van der Waals surface area contributed by atoms with Gasteiger partial charge in [-0.3, -0.25) is 9.78 Å². The highest BCUT2D eigenvalue weighted by atomic mass is 32.1. The Morgan fingerprint density at radius 1 is 1.24 bits per heavy atom. The fourth-order valence-corrected chi connectivity index (χ4v) is 7.93. The molecule has 3 heterocycles. The summed E-state index contributed by atoms with van der Waals surface area (Å²) in [4.78, 5) is 23.9. The summed E-state index contributed by atoms with van der Waals surface area (Å²) in [6.07, 6.45) is 5.35. The number of nitrogens with zero attached hydrogens (tertiary/aromatic N) is 2. The van der Waals surface area contributed by atoms with E-state index >= 15 is 0 Å². The average molecular weight is 536 g/mol. The number of pyridine rings is 1. The number of carbonyl (C=O) groups is 1. The Morgan fingerprint density at radius 2 is 2.08 bits per heavy atom. The van der Waals surface area contributed by atoms with Crippen LogP contribution in [0.1, 0.15) is 55.2 Å². The van der Waals surface area contributed by atoms with Gasteiger partial charge in [-0.2, -0.15) is 0 Å². The lowest BCUT2D eigenvalue weighted by Gasteiger charge is -2.58. The van der Waals surface area contributed by atoms with Crippen LogP contribution >= 0.6 is 11.3 Å². The van der Waals surface area contributed by atoms with Crippen LogP contribution in [-0.2, 0) is 17.8 Å². The Morgan fingerprint density at radius 3 is 2.87 bits per heavy atom. The van der Waals surface area contributed by atoms with Gasteiger partial charge in [-0.05, 0) is 60.4 Å². The molecular formula is C29H33N3O5S. The second-order valence-corrected chi connectivity index (χ2v) is 12.4. The van der Waals surface area contributed by atoms with E-state index in [4.69, 9.17) is 14.5 Å². The Labute approximate surface area is 226 Å². The average Bonchev–Trinajstić information content (AvgIpc) is 3.58. The van der Waals surface area contributed by atoms with Gasteiger partial charge in [0.25, 0.3) is 0 Å². The molecule has 3 aromatic rings. The van der Waals surface area contributed by atoms with Gasteiger partial charge in [0.15, 0.2) is 11.5 Å². The summed E-state index contributed by atoms with van der Waals surface area (Å²) in [6.45, 7) is 4.72. The molecule has 0 saturated heterocycles. The van der Waals surface area contributed by atoms with Gasteiger partial charge in [0.2, 0.25) is 12.7 Å². The lowest BCUT2D eigenvalue weighted by molar-refractivity contribution is -0.144. The van der Waals surface area contributed by atoms with Crippen LogP contribution < -0.4 is 14.8 Å². The van der Waals surface area contributed by atoms with Crippen LogP contribution in [0.3, 0.4) is 0 Å². The SMILES string of the molecule is C[C@]1(CO)[C@H]2Cc3sc(-c4cccnc4)nc3[C@@H](CC(=O)NCc3ccc4c(c3)OCO4)[C@]2(C)CC[C@H]1O. The lowest BCUT2D eigenvalue weighted by Crippen LogP contribution is -2.57. The molecule has 0 spiro atoms. The molecule has 6 rings (SSSR count). The van der Waals surface area contributed by atoms with Crippen molar-refractivity contribution in [2.75, 3.05) is 13.4 Å². The maximum absolute atomic E-state index is 13.4. The molecule has 9 heteroatoms. The standard InChI is InChI=1S/C29H33N3O5S/c1-28-8-7-24(34)29(2,15-33)23(28)12-22-26(32-27(38-22)18-4-3-9-30-14-18)19(28)11-25(35)31-13-17-5-6-20-21(10-17)37-16-36-20/h3-6,9-10,14,19,23-24,33-34H,7-8,11-13,15-16H2,1-2H3,(H,31,35)/t19-,23+,24-,28+,29+/m1/s1. The van der Waals surface area contributed by atoms with Crippen molar-refractivity contribution < 1.29 is 24.5 Å². The molecule has 200 valence electrons. The molecule has 0 radical (unpaired) electrons. The van der Waals surface area contributed by atoms with Crippen molar-refractivity contribution >= 4 is 17.2 Å². The van der Waals surface area contributed by atoms with Crippen LogP contribution in [0, 0.1) is 16.7 Å². The van der Waals surface area contributed by atoms with Gasteiger partial charge >= 0.3 is 0 Å². The first-order chi connectivity index (χ1) is 18.3. The van der Waals surface area contributed by atoms with E-state index in [1.807, 2.05) is 43.5 Å². The summed E-state index contributed by atoms with van der Waals surface area (Å²) >= 11 is 1.64. The first-order valence-corrected chi connectivity index (χ1v) is 14.0. The van der Waals surface area contributed by atoms with Gasteiger partial charge < -0.3 is 25.0 Å². The fourth-order valence-electron chi connectivity index (χ4n) is 6.77. The number of aliphatic hydroxyl groups excluding tert-OH is 2. The van der Waals surface area contributed by atoms with E-state index in [-0.39, 0.29) is 36.6 Å². The summed E-state index contributed by atoms with van der Waals surface area (Å²) in [7, 11) is 0. The molecule has 2 aliphatic carbocycles. The predicted molar refractivity (Wildman–Crippen MR) is 143 cm³/mol. The number of carbonyl (C=O) groups excluding carboxylic acids is 1.